The van der Waals surface area contributed by atoms with Gasteiger partial charge in [0.25, 0.3) is 0 Å². The number of rotatable bonds is 15. The molecule has 14 nitrogen and oxygen atoms in total. The number of ether oxygens (including phenoxy) is 2. The molecule has 0 aromatic carbocycles. The van der Waals surface area contributed by atoms with Gasteiger partial charge in [0.15, 0.2) is 12.5 Å². The highest BCUT2D eigenvalue weighted by molar-refractivity contribution is 8.76. The quantitative estimate of drug-likeness (QED) is 0.0661. The summed E-state index contributed by atoms with van der Waals surface area (Å²) in [7, 11) is 3.28. The van der Waals surface area contributed by atoms with Crippen LogP contribution in [-0.2, 0) is 19.1 Å². The molecule has 2 saturated heterocycles. The van der Waals surface area contributed by atoms with E-state index in [9.17, 15) is 50.4 Å². The second-order valence-electron chi connectivity index (χ2n) is 9.19. The van der Waals surface area contributed by atoms with Gasteiger partial charge in [0.05, 0.1) is 13.2 Å². The Balaban J connectivity index is 1.48. The largest absolute Gasteiger partial charge is 0.394 e. The molecule has 2 aliphatic rings. The van der Waals surface area contributed by atoms with E-state index in [4.69, 9.17) is 9.47 Å². The van der Waals surface area contributed by atoms with Crippen LogP contribution in [0.25, 0.3) is 0 Å². The third-order valence-electron chi connectivity index (χ3n) is 6.24. The third-order valence-corrected chi connectivity index (χ3v) is 8.81. The Morgan fingerprint density at radius 3 is 1.29 bits per heavy atom. The van der Waals surface area contributed by atoms with Crippen molar-refractivity contribution in [3.8, 4) is 0 Å². The number of carbonyl (C=O) groups is 2. The summed E-state index contributed by atoms with van der Waals surface area (Å²) < 4.78 is 10.5. The van der Waals surface area contributed by atoms with Crippen molar-refractivity contribution in [3.63, 3.8) is 0 Å². The molecule has 0 saturated carbocycles. The maximum Gasteiger partial charge on any atom is 0.222 e. The van der Waals surface area contributed by atoms with Crippen LogP contribution < -0.4 is 10.6 Å². The first-order chi connectivity index (χ1) is 18.1. The lowest BCUT2D eigenvalue weighted by Gasteiger charge is -2.40. The van der Waals surface area contributed by atoms with Gasteiger partial charge in [0.1, 0.15) is 48.8 Å². The highest BCUT2D eigenvalue weighted by atomic mass is 33.1. The first kappa shape index (κ1) is 33.4. The van der Waals surface area contributed by atoms with Gasteiger partial charge in [-0.25, -0.2) is 0 Å². The summed E-state index contributed by atoms with van der Waals surface area (Å²) in [5, 5.41) is 82.3. The van der Waals surface area contributed by atoms with Gasteiger partial charge in [-0.2, -0.15) is 0 Å². The first-order valence-electron chi connectivity index (χ1n) is 12.5. The normalized spacial score (nSPS) is 35.6. The lowest BCUT2D eigenvalue weighted by Crippen LogP contribution is -2.63. The molecule has 0 bridgehead atoms. The van der Waals surface area contributed by atoms with Gasteiger partial charge in [-0.15, -0.1) is 0 Å². The smallest absolute Gasteiger partial charge is 0.222 e. The molecule has 10 atom stereocenters. The molecule has 2 fully saturated rings. The fraction of sp³-hybridized carbons (Fsp3) is 0.909. The van der Waals surface area contributed by atoms with Crippen LogP contribution in [0.4, 0.5) is 0 Å². The third kappa shape index (κ3) is 10.0. The highest BCUT2D eigenvalue weighted by Crippen LogP contribution is 2.25. The zero-order valence-corrected chi connectivity index (χ0v) is 22.5. The predicted molar refractivity (Wildman–Crippen MR) is 136 cm³/mol. The zero-order chi connectivity index (χ0) is 28.2. The predicted octanol–water partition coefficient (Wildman–Crippen LogP) is -3.46. The molecule has 0 spiro atoms. The number of nitrogens with one attached hydrogen (secondary N) is 2. The summed E-state index contributed by atoms with van der Waals surface area (Å²) in [6.45, 7) is -1.14. The molecule has 0 radical (unpaired) electrons. The minimum atomic E-state index is -1.54. The first-order valence-corrected chi connectivity index (χ1v) is 15.0. The standard InChI is InChI=1S/C22H40N2O12S2/c25-9-11-15(29)17(31)19(33)21(35-11)23-13(27)5-1-3-7-37-38-8-4-2-6-14(28)24-22-20(34)18(32)16(30)12(10-26)36-22/h11-12,15-22,25-26,29-34H,1-10H2,(H,23,27)(H,24,28)/t11-,12-,15-,16-,17+,18+,19-,20-,21-,22-/m1/s1. The highest BCUT2D eigenvalue weighted by Gasteiger charge is 2.45. The van der Waals surface area contributed by atoms with E-state index < -0.39 is 74.5 Å². The number of carbonyl (C=O) groups excluding carboxylic acids is 2. The number of aliphatic hydroxyl groups excluding tert-OH is 8. The molecular weight excluding hydrogens is 548 g/mol. The van der Waals surface area contributed by atoms with Gasteiger partial charge in [-0.3, -0.25) is 9.59 Å². The Morgan fingerprint density at radius 2 is 0.947 bits per heavy atom. The van der Waals surface area contributed by atoms with E-state index in [1.807, 2.05) is 0 Å². The van der Waals surface area contributed by atoms with E-state index >= 15 is 0 Å². The van der Waals surface area contributed by atoms with Crippen LogP contribution in [0.5, 0.6) is 0 Å². The van der Waals surface area contributed by atoms with E-state index in [0.717, 1.165) is 24.3 Å². The minimum absolute atomic E-state index is 0.184. The molecule has 10 N–H and O–H groups in total. The van der Waals surface area contributed by atoms with Crippen molar-refractivity contribution in [1.82, 2.24) is 10.6 Å². The topological polar surface area (TPSA) is 238 Å². The number of amides is 2. The van der Waals surface area contributed by atoms with Gasteiger partial charge >= 0.3 is 0 Å². The maximum atomic E-state index is 12.1. The van der Waals surface area contributed by atoms with Crippen molar-refractivity contribution in [3.05, 3.63) is 0 Å². The van der Waals surface area contributed by atoms with Crippen LogP contribution in [0.3, 0.4) is 0 Å². The Labute approximate surface area is 228 Å². The van der Waals surface area contributed by atoms with Gasteiger partial charge in [0, 0.05) is 24.3 Å². The fourth-order valence-electron chi connectivity index (χ4n) is 3.91. The average Bonchev–Trinajstić information content (AvgIpc) is 2.90. The summed E-state index contributed by atoms with van der Waals surface area (Å²) in [4.78, 5) is 24.2. The Morgan fingerprint density at radius 1 is 0.579 bits per heavy atom. The van der Waals surface area contributed by atoms with E-state index in [-0.39, 0.29) is 24.7 Å². The Bertz CT molecular complexity index is 664. The SMILES string of the molecule is O=C(CCCCSSCCCCC(=O)N[C@@H]1O[C@H](CO)[C@@H](O)[C@H](O)[C@H]1O)N[C@@H]1O[C@H](CO)[C@@H](O)[C@H](O)[C@H]1O. The van der Waals surface area contributed by atoms with Crippen LogP contribution in [-0.4, -0.2) is 139 Å². The van der Waals surface area contributed by atoms with Gasteiger partial charge in [-0.1, -0.05) is 21.6 Å². The summed E-state index contributed by atoms with van der Waals surface area (Å²) in [6, 6.07) is 0. The summed E-state index contributed by atoms with van der Waals surface area (Å²) in [6.07, 6.45) is -10.6. The number of hydrogen-bond donors (Lipinski definition) is 10. The molecule has 0 unspecified atom stereocenters. The fourth-order valence-corrected chi connectivity index (χ4v) is 6.21. The minimum Gasteiger partial charge on any atom is -0.394 e. The van der Waals surface area contributed by atoms with Crippen LogP contribution in [0, 0.1) is 0 Å². The van der Waals surface area contributed by atoms with Crippen molar-refractivity contribution in [1.29, 1.82) is 0 Å². The number of hydrogen-bond acceptors (Lipinski definition) is 14. The van der Waals surface area contributed by atoms with Crippen molar-refractivity contribution in [2.24, 2.45) is 0 Å². The molecule has 222 valence electrons. The van der Waals surface area contributed by atoms with Crippen LogP contribution in [0.15, 0.2) is 0 Å². The average molecular weight is 589 g/mol. The molecular formula is C22H40N2O12S2. The molecule has 2 heterocycles. The number of unbranched alkanes of at least 4 members (excludes halogenated alkanes) is 2. The monoisotopic (exact) mass is 588 g/mol. The van der Waals surface area contributed by atoms with Crippen LogP contribution in [0.1, 0.15) is 38.5 Å². The maximum absolute atomic E-state index is 12.1. The summed E-state index contributed by atoms with van der Waals surface area (Å²) in [5.74, 6) is 0.841. The second kappa shape index (κ2) is 17.1. The van der Waals surface area contributed by atoms with Crippen LogP contribution in [0.2, 0.25) is 0 Å². The van der Waals surface area contributed by atoms with Crippen LogP contribution >= 0.6 is 21.6 Å². The lowest BCUT2D eigenvalue weighted by molar-refractivity contribution is -0.236. The van der Waals surface area contributed by atoms with E-state index in [1.54, 1.807) is 21.6 Å². The van der Waals surface area contributed by atoms with Gasteiger partial charge < -0.3 is 61.0 Å². The summed E-state index contributed by atoms with van der Waals surface area (Å²) in [5.41, 5.74) is 0. The summed E-state index contributed by atoms with van der Waals surface area (Å²) >= 11 is 0. The Kier molecular flexibility index (Phi) is 15.1. The van der Waals surface area contributed by atoms with Crippen molar-refractivity contribution < 1.29 is 59.9 Å². The van der Waals surface area contributed by atoms with Crippen molar-refractivity contribution >= 4 is 33.4 Å². The molecule has 38 heavy (non-hydrogen) atoms. The van der Waals surface area contributed by atoms with E-state index in [1.165, 1.54) is 0 Å². The number of aliphatic hydroxyl groups is 8. The van der Waals surface area contributed by atoms with E-state index in [0.29, 0.717) is 12.8 Å². The van der Waals surface area contributed by atoms with Gasteiger partial charge in [0.2, 0.25) is 11.8 Å². The molecule has 0 aromatic heterocycles. The molecule has 2 aliphatic heterocycles. The molecule has 0 aliphatic carbocycles. The lowest BCUT2D eigenvalue weighted by atomic mass is 9.98. The molecule has 2 amide bonds. The van der Waals surface area contributed by atoms with Gasteiger partial charge in [-0.05, 0) is 25.7 Å². The molecule has 16 heteroatoms. The second-order valence-corrected chi connectivity index (χ2v) is 11.9. The molecule has 0 aromatic rings. The molecule has 2 rings (SSSR count). The van der Waals surface area contributed by atoms with Crippen molar-refractivity contribution in [2.75, 3.05) is 24.7 Å². The van der Waals surface area contributed by atoms with E-state index in [2.05, 4.69) is 10.6 Å². The zero-order valence-electron chi connectivity index (χ0n) is 20.9. The van der Waals surface area contributed by atoms with Crippen molar-refractivity contribution in [2.45, 2.75) is 99.8 Å². The Hall–Kier alpha value is -0.760.